The maximum absolute atomic E-state index is 12.9. The lowest BCUT2D eigenvalue weighted by Crippen LogP contribution is -2.50. The second-order valence-electron chi connectivity index (χ2n) is 8.28. The van der Waals surface area contributed by atoms with Crippen LogP contribution in [0.4, 0.5) is 11.4 Å². The van der Waals surface area contributed by atoms with Crippen molar-refractivity contribution >= 4 is 34.8 Å². The van der Waals surface area contributed by atoms with Crippen LogP contribution in [-0.2, 0) is 4.79 Å². The Hall–Kier alpha value is -2.73. The summed E-state index contributed by atoms with van der Waals surface area (Å²) in [5.74, 6) is 0.703. The number of anilines is 2. The van der Waals surface area contributed by atoms with Crippen molar-refractivity contribution in [3.63, 3.8) is 0 Å². The summed E-state index contributed by atoms with van der Waals surface area (Å²) in [5, 5.41) is 3.58. The number of nitrogens with zero attached hydrogens (tertiary/aromatic N) is 2. The molecule has 0 aliphatic carbocycles. The number of hydrogen-bond acceptors (Lipinski definition) is 4. The van der Waals surface area contributed by atoms with Crippen LogP contribution in [0.15, 0.2) is 42.5 Å². The zero-order valence-electron chi connectivity index (χ0n) is 19.1. The molecule has 6 nitrogen and oxygen atoms in total. The summed E-state index contributed by atoms with van der Waals surface area (Å²) in [6.45, 7) is 9.21. The number of hydrogen-bond donors (Lipinski definition) is 1. The van der Waals surface area contributed by atoms with E-state index in [-0.39, 0.29) is 17.7 Å². The summed E-state index contributed by atoms with van der Waals surface area (Å²) in [7, 11) is 0. The van der Waals surface area contributed by atoms with Gasteiger partial charge in [-0.1, -0.05) is 44.9 Å². The lowest BCUT2D eigenvalue weighted by molar-refractivity contribution is -0.134. The predicted molar refractivity (Wildman–Crippen MR) is 130 cm³/mol. The molecule has 0 unspecified atom stereocenters. The van der Waals surface area contributed by atoms with Gasteiger partial charge in [-0.05, 0) is 42.8 Å². The van der Waals surface area contributed by atoms with E-state index >= 15 is 0 Å². The van der Waals surface area contributed by atoms with Crippen molar-refractivity contribution in [2.75, 3.05) is 43.0 Å². The minimum absolute atomic E-state index is 0.0138. The number of nitrogens with one attached hydrogen (secondary N) is 1. The molecule has 172 valence electrons. The van der Waals surface area contributed by atoms with Gasteiger partial charge in [0.15, 0.2) is 0 Å². The summed E-state index contributed by atoms with van der Waals surface area (Å²) in [6, 6.07) is 12.6. The van der Waals surface area contributed by atoms with Crippen molar-refractivity contribution in [2.24, 2.45) is 5.92 Å². The van der Waals surface area contributed by atoms with E-state index in [9.17, 15) is 9.59 Å². The topological polar surface area (TPSA) is 61.9 Å². The average Bonchev–Trinajstić information content (AvgIpc) is 2.79. The van der Waals surface area contributed by atoms with Gasteiger partial charge in [0, 0.05) is 37.7 Å². The van der Waals surface area contributed by atoms with Crippen molar-refractivity contribution in [1.82, 2.24) is 4.90 Å². The number of unbranched alkanes of at least 4 members (excludes halogenated alkanes) is 1. The highest BCUT2D eigenvalue weighted by Crippen LogP contribution is 2.35. The first-order valence-corrected chi connectivity index (χ1v) is 11.6. The zero-order chi connectivity index (χ0) is 23.1. The second kappa shape index (κ2) is 11.2. The number of para-hydroxylation sites is 1. The van der Waals surface area contributed by atoms with E-state index in [1.807, 2.05) is 49.1 Å². The minimum atomic E-state index is -0.206. The Bertz CT molecular complexity index is 923. The maximum atomic E-state index is 12.9. The van der Waals surface area contributed by atoms with Crippen molar-refractivity contribution in [1.29, 1.82) is 0 Å². The van der Waals surface area contributed by atoms with E-state index in [0.29, 0.717) is 49.1 Å². The Morgan fingerprint density at radius 1 is 1.06 bits per heavy atom. The normalized spacial score (nSPS) is 13.9. The monoisotopic (exact) mass is 457 g/mol. The number of amides is 2. The second-order valence-corrected chi connectivity index (χ2v) is 8.69. The van der Waals surface area contributed by atoms with E-state index in [0.717, 1.165) is 24.3 Å². The highest BCUT2D eigenvalue weighted by atomic mass is 35.5. The average molecular weight is 458 g/mol. The zero-order valence-corrected chi connectivity index (χ0v) is 19.8. The Balaban J connectivity index is 1.68. The molecule has 2 amide bonds. The molecule has 1 aliphatic heterocycles. The van der Waals surface area contributed by atoms with Gasteiger partial charge in [0.1, 0.15) is 5.75 Å². The fraction of sp³-hybridized carbons (Fsp3) is 0.440. The summed E-state index contributed by atoms with van der Waals surface area (Å²) < 4.78 is 5.67. The largest absolute Gasteiger partial charge is 0.494 e. The third kappa shape index (κ3) is 5.94. The molecule has 0 saturated carbocycles. The number of rotatable bonds is 8. The Morgan fingerprint density at radius 3 is 2.38 bits per heavy atom. The third-order valence-corrected chi connectivity index (χ3v) is 5.82. The summed E-state index contributed by atoms with van der Waals surface area (Å²) in [6.07, 6.45) is 2.07. The van der Waals surface area contributed by atoms with Crippen LogP contribution in [0.1, 0.15) is 44.0 Å². The molecule has 1 heterocycles. The molecule has 2 aromatic rings. The SMILES string of the molecule is CCCCOc1ccc(C(=O)Nc2cccc(Cl)c2N2CCN(C(=O)C(C)C)CC2)cc1. The van der Waals surface area contributed by atoms with Crippen LogP contribution < -0.4 is 15.0 Å². The molecule has 0 atom stereocenters. The smallest absolute Gasteiger partial charge is 0.255 e. The first-order valence-electron chi connectivity index (χ1n) is 11.3. The van der Waals surface area contributed by atoms with Crippen molar-refractivity contribution in [3.8, 4) is 5.75 Å². The molecule has 0 radical (unpaired) electrons. The van der Waals surface area contributed by atoms with Crippen LogP contribution in [0.2, 0.25) is 5.02 Å². The first kappa shape index (κ1) is 23.9. The Morgan fingerprint density at radius 2 is 1.75 bits per heavy atom. The van der Waals surface area contributed by atoms with E-state index in [1.54, 1.807) is 12.1 Å². The van der Waals surface area contributed by atoms with Crippen LogP contribution >= 0.6 is 11.6 Å². The lowest BCUT2D eigenvalue weighted by atomic mass is 10.1. The highest BCUT2D eigenvalue weighted by Gasteiger charge is 2.25. The molecular weight excluding hydrogens is 426 g/mol. The van der Waals surface area contributed by atoms with E-state index < -0.39 is 0 Å². The molecule has 1 aliphatic rings. The number of benzene rings is 2. The van der Waals surface area contributed by atoms with Crippen molar-refractivity contribution in [2.45, 2.75) is 33.6 Å². The van der Waals surface area contributed by atoms with E-state index in [2.05, 4.69) is 17.1 Å². The maximum Gasteiger partial charge on any atom is 0.255 e. The number of carbonyl (C=O) groups excluding carboxylic acids is 2. The fourth-order valence-corrected chi connectivity index (χ4v) is 3.98. The number of piperazine rings is 1. The van der Waals surface area contributed by atoms with Gasteiger partial charge in [-0.15, -0.1) is 0 Å². The van der Waals surface area contributed by atoms with Crippen LogP contribution in [0.5, 0.6) is 5.75 Å². The number of halogens is 1. The van der Waals surface area contributed by atoms with Gasteiger partial charge in [-0.3, -0.25) is 9.59 Å². The molecule has 7 heteroatoms. The predicted octanol–water partition coefficient (Wildman–Crippen LogP) is 5.08. The molecule has 32 heavy (non-hydrogen) atoms. The van der Waals surface area contributed by atoms with Crippen LogP contribution in [-0.4, -0.2) is 49.5 Å². The van der Waals surface area contributed by atoms with Crippen LogP contribution in [0.25, 0.3) is 0 Å². The summed E-state index contributed by atoms with van der Waals surface area (Å²) in [4.78, 5) is 29.2. The van der Waals surface area contributed by atoms with Gasteiger partial charge < -0.3 is 19.9 Å². The van der Waals surface area contributed by atoms with Gasteiger partial charge in [-0.2, -0.15) is 0 Å². The van der Waals surface area contributed by atoms with Gasteiger partial charge >= 0.3 is 0 Å². The minimum Gasteiger partial charge on any atom is -0.494 e. The number of carbonyl (C=O) groups is 2. The number of ether oxygens (including phenoxy) is 1. The Labute approximate surface area is 195 Å². The molecule has 0 bridgehead atoms. The van der Waals surface area contributed by atoms with Gasteiger partial charge in [0.25, 0.3) is 5.91 Å². The van der Waals surface area contributed by atoms with Crippen LogP contribution in [0, 0.1) is 5.92 Å². The molecule has 1 fully saturated rings. The van der Waals surface area contributed by atoms with E-state index in [4.69, 9.17) is 16.3 Å². The molecule has 2 aromatic carbocycles. The molecule has 0 spiro atoms. The summed E-state index contributed by atoms with van der Waals surface area (Å²) >= 11 is 6.53. The fourth-order valence-electron chi connectivity index (χ4n) is 3.68. The molecule has 3 rings (SSSR count). The Kier molecular flexibility index (Phi) is 8.39. The molecular formula is C25H32ClN3O3. The summed E-state index contributed by atoms with van der Waals surface area (Å²) in [5.41, 5.74) is 2.00. The molecule has 1 saturated heterocycles. The lowest BCUT2D eigenvalue weighted by Gasteiger charge is -2.38. The van der Waals surface area contributed by atoms with Gasteiger partial charge in [0.2, 0.25) is 5.91 Å². The molecule has 1 N–H and O–H groups in total. The van der Waals surface area contributed by atoms with Gasteiger partial charge in [0.05, 0.1) is 23.0 Å². The van der Waals surface area contributed by atoms with Crippen molar-refractivity contribution in [3.05, 3.63) is 53.1 Å². The highest BCUT2D eigenvalue weighted by molar-refractivity contribution is 6.34. The third-order valence-electron chi connectivity index (χ3n) is 5.52. The standard InChI is InChI=1S/C25H32ClN3O3/c1-4-5-17-32-20-11-9-19(10-12-20)24(30)27-22-8-6-7-21(26)23(22)28-13-15-29(16-14-28)25(31)18(2)3/h6-12,18H,4-5,13-17H2,1-3H3,(H,27,30). The molecule has 0 aromatic heterocycles. The first-order chi connectivity index (χ1) is 15.4. The van der Waals surface area contributed by atoms with Crippen molar-refractivity contribution < 1.29 is 14.3 Å². The quantitative estimate of drug-likeness (QED) is 0.562. The van der Waals surface area contributed by atoms with Gasteiger partial charge in [-0.25, -0.2) is 0 Å². The van der Waals surface area contributed by atoms with E-state index in [1.165, 1.54) is 0 Å². The van der Waals surface area contributed by atoms with Crippen LogP contribution in [0.3, 0.4) is 0 Å².